The number of aliphatic hydroxyl groups is 1. The summed E-state index contributed by atoms with van der Waals surface area (Å²) in [5.74, 6) is -8.32. The van der Waals surface area contributed by atoms with Crippen molar-refractivity contribution in [1.82, 2.24) is 0 Å². The molecule has 13 nitrogen and oxygen atoms in total. The maximum Gasteiger partial charge on any atom is 0.338 e. The number of carbonyl (C=O) groups excluding carboxylic acids is 3. The van der Waals surface area contributed by atoms with Gasteiger partial charge in [-0.05, 0) is 24.3 Å². The summed E-state index contributed by atoms with van der Waals surface area (Å²) in [6, 6.07) is 3.21. The second-order valence-corrected chi connectivity index (χ2v) is 7.92. The lowest BCUT2D eigenvalue weighted by molar-refractivity contribution is -0.154. The number of fused-ring (bicyclic) bond motifs is 2. The smallest absolute Gasteiger partial charge is 0.338 e. The Kier molecular flexibility index (Phi) is 5.28. The first-order valence-electron chi connectivity index (χ1n) is 9.75. The van der Waals surface area contributed by atoms with Gasteiger partial charge in [0.2, 0.25) is 0 Å². The molecule has 0 unspecified atom stereocenters. The molecule has 1 saturated carbocycles. The van der Waals surface area contributed by atoms with Gasteiger partial charge in [0.25, 0.3) is 0 Å². The lowest BCUT2D eigenvalue weighted by Gasteiger charge is -2.35. The Morgan fingerprint density at radius 3 is 1.71 bits per heavy atom. The molecule has 2 aliphatic rings. The molecule has 1 saturated heterocycles. The molecular formula is C21H18O13. The Morgan fingerprint density at radius 2 is 1.24 bits per heavy atom. The fraction of sp³-hybridized carbons (Fsp3) is 0.286. The second-order valence-electron chi connectivity index (χ2n) is 7.92. The minimum Gasteiger partial charge on any atom is -0.504 e. The van der Waals surface area contributed by atoms with Crippen LogP contribution in [0.1, 0.15) is 33.6 Å². The van der Waals surface area contributed by atoms with Gasteiger partial charge in [-0.3, -0.25) is 0 Å². The first kappa shape index (κ1) is 22.8. The van der Waals surface area contributed by atoms with Gasteiger partial charge >= 0.3 is 17.9 Å². The van der Waals surface area contributed by atoms with Crippen LogP contribution in [0.25, 0.3) is 0 Å². The monoisotopic (exact) mass is 478 g/mol. The fourth-order valence-electron chi connectivity index (χ4n) is 3.85. The zero-order valence-electron chi connectivity index (χ0n) is 17.0. The van der Waals surface area contributed by atoms with Gasteiger partial charge in [-0.1, -0.05) is 0 Å². The highest BCUT2D eigenvalue weighted by Gasteiger charge is 2.60. The lowest BCUT2D eigenvalue weighted by atomic mass is 9.82. The minimum absolute atomic E-state index is 0.273. The van der Waals surface area contributed by atoms with Crippen LogP contribution in [0.3, 0.4) is 0 Å². The summed E-state index contributed by atoms with van der Waals surface area (Å²) < 4.78 is 15.7. The van der Waals surface area contributed by atoms with E-state index in [-0.39, 0.29) is 6.42 Å². The Balaban J connectivity index is 1.61. The van der Waals surface area contributed by atoms with Crippen LogP contribution in [-0.2, 0) is 19.0 Å². The molecule has 0 amide bonds. The molecule has 2 aromatic carbocycles. The third kappa shape index (κ3) is 3.81. The van der Waals surface area contributed by atoms with Crippen LogP contribution >= 0.6 is 0 Å². The molecule has 180 valence electrons. The van der Waals surface area contributed by atoms with Crippen molar-refractivity contribution in [3.63, 3.8) is 0 Å². The molecule has 1 aliphatic heterocycles. The minimum atomic E-state index is -2.02. The van der Waals surface area contributed by atoms with Crippen LogP contribution in [0.4, 0.5) is 0 Å². The highest BCUT2D eigenvalue weighted by Crippen LogP contribution is 2.42. The van der Waals surface area contributed by atoms with Crippen molar-refractivity contribution in [1.29, 1.82) is 0 Å². The Morgan fingerprint density at radius 1 is 0.794 bits per heavy atom. The summed E-state index contributed by atoms with van der Waals surface area (Å²) in [6.45, 7) is 0. The zero-order valence-corrected chi connectivity index (χ0v) is 17.0. The number of phenolic OH excluding ortho intramolecular Hbond substituents is 6. The van der Waals surface area contributed by atoms with Gasteiger partial charge in [0.1, 0.15) is 12.2 Å². The Labute approximate surface area is 189 Å². The Hall–Kier alpha value is -4.39. The van der Waals surface area contributed by atoms with Crippen molar-refractivity contribution < 1.29 is 64.3 Å². The number of hydrogen-bond donors (Lipinski definition) is 7. The third-order valence-electron chi connectivity index (χ3n) is 5.56. The van der Waals surface area contributed by atoms with E-state index in [4.69, 9.17) is 14.2 Å². The summed E-state index contributed by atoms with van der Waals surface area (Å²) in [4.78, 5) is 37.3. The average molecular weight is 478 g/mol. The second kappa shape index (κ2) is 7.88. The molecule has 4 atom stereocenters. The van der Waals surface area contributed by atoms with Gasteiger partial charge in [0, 0.05) is 12.8 Å². The molecule has 2 bridgehead atoms. The van der Waals surface area contributed by atoms with Gasteiger partial charge in [-0.2, -0.15) is 0 Å². The largest absolute Gasteiger partial charge is 0.504 e. The number of benzene rings is 2. The number of rotatable bonds is 4. The predicted molar refractivity (Wildman–Crippen MR) is 105 cm³/mol. The van der Waals surface area contributed by atoms with Crippen molar-refractivity contribution in [2.24, 2.45) is 0 Å². The van der Waals surface area contributed by atoms with E-state index >= 15 is 0 Å². The molecule has 34 heavy (non-hydrogen) atoms. The molecule has 1 aliphatic carbocycles. The number of ether oxygens (including phenoxy) is 3. The van der Waals surface area contributed by atoms with Crippen LogP contribution in [0, 0.1) is 0 Å². The topological polar surface area (TPSA) is 221 Å². The van der Waals surface area contributed by atoms with E-state index in [0.717, 1.165) is 24.3 Å². The SMILES string of the molecule is O=C(O[C@@H]1[C@H](OC(=O)c2cc(O)c(O)c(O)c2)C[C@]2(O)C[C@H]1OC2=O)c1cc(O)c(O)c(O)c1. The molecule has 4 rings (SSSR count). The summed E-state index contributed by atoms with van der Waals surface area (Å²) in [5.41, 5.74) is -2.81. The number of carbonyl (C=O) groups is 3. The van der Waals surface area contributed by atoms with Gasteiger partial charge in [-0.25, -0.2) is 14.4 Å². The van der Waals surface area contributed by atoms with Gasteiger partial charge in [0.15, 0.2) is 46.2 Å². The van der Waals surface area contributed by atoms with Crippen molar-refractivity contribution in [2.75, 3.05) is 0 Å². The number of phenols is 6. The maximum atomic E-state index is 12.6. The van der Waals surface area contributed by atoms with E-state index in [0.29, 0.717) is 0 Å². The van der Waals surface area contributed by atoms with Gasteiger partial charge < -0.3 is 50.0 Å². The zero-order chi connectivity index (χ0) is 24.9. The molecule has 13 heteroatoms. The molecule has 0 radical (unpaired) electrons. The van der Waals surface area contributed by atoms with E-state index in [1.54, 1.807) is 0 Å². The van der Waals surface area contributed by atoms with Crippen molar-refractivity contribution in [2.45, 2.75) is 36.8 Å². The quantitative estimate of drug-likeness (QED) is 0.176. The van der Waals surface area contributed by atoms with Crippen molar-refractivity contribution >= 4 is 17.9 Å². The van der Waals surface area contributed by atoms with Gasteiger partial charge in [0.05, 0.1) is 11.1 Å². The van der Waals surface area contributed by atoms with E-state index in [9.17, 15) is 50.1 Å². The van der Waals surface area contributed by atoms with Crippen LogP contribution in [0.2, 0.25) is 0 Å². The number of hydrogen-bond acceptors (Lipinski definition) is 13. The first-order valence-corrected chi connectivity index (χ1v) is 9.75. The Bertz CT molecular complexity index is 1160. The molecular weight excluding hydrogens is 460 g/mol. The highest BCUT2D eigenvalue weighted by atomic mass is 16.6. The van der Waals surface area contributed by atoms with E-state index in [2.05, 4.69) is 0 Å². The van der Waals surface area contributed by atoms with E-state index < -0.39 is 93.9 Å². The van der Waals surface area contributed by atoms with Gasteiger partial charge in [-0.15, -0.1) is 0 Å². The summed E-state index contributed by atoms with van der Waals surface area (Å²) >= 11 is 0. The fourth-order valence-corrected chi connectivity index (χ4v) is 3.85. The van der Waals surface area contributed by atoms with E-state index in [1.165, 1.54) is 0 Å². The summed E-state index contributed by atoms with van der Waals surface area (Å²) in [7, 11) is 0. The van der Waals surface area contributed by atoms with Crippen LogP contribution in [0.15, 0.2) is 24.3 Å². The lowest BCUT2D eigenvalue weighted by Crippen LogP contribution is -2.52. The molecule has 0 spiro atoms. The number of esters is 3. The molecule has 2 aromatic rings. The first-order chi connectivity index (χ1) is 15.9. The summed E-state index contributed by atoms with van der Waals surface area (Å²) in [6.07, 6.45) is -4.88. The van der Waals surface area contributed by atoms with Crippen molar-refractivity contribution in [3.05, 3.63) is 35.4 Å². The van der Waals surface area contributed by atoms with Crippen LogP contribution < -0.4 is 0 Å². The average Bonchev–Trinajstić information content (AvgIpc) is 3.01. The third-order valence-corrected chi connectivity index (χ3v) is 5.56. The van der Waals surface area contributed by atoms with E-state index in [1.807, 2.05) is 0 Å². The van der Waals surface area contributed by atoms with Crippen LogP contribution in [-0.4, -0.2) is 77.6 Å². The highest BCUT2D eigenvalue weighted by molar-refractivity contribution is 5.92. The molecule has 2 fully saturated rings. The van der Waals surface area contributed by atoms with Crippen LogP contribution in [0.5, 0.6) is 34.5 Å². The predicted octanol–water partition coefficient (Wildman–Crippen LogP) is 0.121. The molecule has 0 aromatic heterocycles. The standard InChI is InChI=1S/C21H18O13/c22-9-1-7(2-10(23)15(9)26)18(28)32-13-5-21(31)6-14(33-20(21)30)17(13)34-19(29)8-3-11(24)16(27)12(25)4-8/h1-4,13-14,17,22-27,31H,5-6H2/t13-,14-,17-,21+/m1/s1. The summed E-state index contributed by atoms with van der Waals surface area (Å²) in [5, 5.41) is 67.9. The normalized spacial score (nSPS) is 25.4. The molecule has 7 N–H and O–H groups in total. The molecule has 1 heterocycles. The maximum absolute atomic E-state index is 12.6. The number of aromatic hydroxyl groups is 6. The van der Waals surface area contributed by atoms with Crippen molar-refractivity contribution in [3.8, 4) is 34.5 Å².